The van der Waals surface area contributed by atoms with Gasteiger partial charge in [0.2, 0.25) is 11.8 Å². The van der Waals surface area contributed by atoms with Crippen molar-refractivity contribution in [1.29, 1.82) is 0 Å². The number of piperazine rings is 1. The van der Waals surface area contributed by atoms with E-state index >= 15 is 0 Å². The van der Waals surface area contributed by atoms with Gasteiger partial charge in [-0.15, -0.1) is 0 Å². The second-order valence-electron chi connectivity index (χ2n) is 5.65. The van der Waals surface area contributed by atoms with Gasteiger partial charge in [-0.3, -0.25) is 14.5 Å². The number of nitrogens with one attached hydrogen (secondary N) is 1. The molecule has 0 saturated carbocycles. The fraction of sp³-hybridized carbons (Fsp3) is 0.500. The number of carbonyl (C=O) groups is 2. The molecule has 0 radical (unpaired) electrons. The summed E-state index contributed by atoms with van der Waals surface area (Å²) in [5, 5.41) is 2.92. The summed E-state index contributed by atoms with van der Waals surface area (Å²) in [5.41, 5.74) is 6.69. The number of hydrogen-bond acceptors (Lipinski definition) is 4. The molecule has 1 heterocycles. The van der Waals surface area contributed by atoms with Gasteiger partial charge in [-0.1, -0.05) is 30.3 Å². The smallest absolute Gasteiger partial charge is 0.239 e. The molecule has 6 nitrogen and oxygen atoms in total. The van der Waals surface area contributed by atoms with Gasteiger partial charge in [0, 0.05) is 32.7 Å². The monoisotopic (exact) mass is 304 g/mol. The van der Waals surface area contributed by atoms with Crippen LogP contribution in [0.4, 0.5) is 0 Å². The van der Waals surface area contributed by atoms with Crippen LogP contribution in [0.1, 0.15) is 12.5 Å². The van der Waals surface area contributed by atoms with Gasteiger partial charge in [0.05, 0.1) is 12.6 Å². The van der Waals surface area contributed by atoms with Crippen molar-refractivity contribution in [3.8, 4) is 0 Å². The minimum Gasteiger partial charge on any atom is -0.351 e. The Bertz CT molecular complexity index is 496. The Balaban J connectivity index is 1.69. The van der Waals surface area contributed by atoms with Crippen molar-refractivity contribution in [3.05, 3.63) is 35.9 Å². The van der Waals surface area contributed by atoms with Crippen LogP contribution in [0.15, 0.2) is 30.3 Å². The van der Waals surface area contributed by atoms with Crippen molar-refractivity contribution >= 4 is 11.8 Å². The summed E-state index contributed by atoms with van der Waals surface area (Å²) >= 11 is 0. The zero-order chi connectivity index (χ0) is 15.9. The molecule has 3 N–H and O–H groups in total. The molecule has 1 fully saturated rings. The van der Waals surface area contributed by atoms with Gasteiger partial charge >= 0.3 is 0 Å². The molecule has 22 heavy (non-hydrogen) atoms. The molecule has 0 bridgehead atoms. The molecule has 1 aliphatic rings. The van der Waals surface area contributed by atoms with Crippen LogP contribution in [-0.2, 0) is 16.1 Å². The van der Waals surface area contributed by atoms with Crippen LogP contribution in [0.25, 0.3) is 0 Å². The summed E-state index contributed by atoms with van der Waals surface area (Å²) in [4.78, 5) is 27.6. The lowest BCUT2D eigenvalue weighted by atomic mass is 10.2. The van der Waals surface area contributed by atoms with E-state index in [1.165, 1.54) is 0 Å². The quantitative estimate of drug-likeness (QED) is 0.789. The van der Waals surface area contributed by atoms with Crippen molar-refractivity contribution in [2.24, 2.45) is 5.73 Å². The lowest BCUT2D eigenvalue weighted by Gasteiger charge is -2.35. The molecule has 1 saturated heterocycles. The number of benzene rings is 1. The average molecular weight is 304 g/mol. The van der Waals surface area contributed by atoms with Gasteiger partial charge in [-0.05, 0) is 12.5 Å². The molecule has 1 aromatic rings. The number of hydrogen-bond donors (Lipinski definition) is 2. The number of carbonyl (C=O) groups excluding carboxylic acids is 2. The van der Waals surface area contributed by atoms with Gasteiger partial charge in [0.1, 0.15) is 0 Å². The van der Waals surface area contributed by atoms with Crippen molar-refractivity contribution in [1.82, 2.24) is 15.1 Å². The van der Waals surface area contributed by atoms with E-state index < -0.39 is 6.04 Å². The molecular formula is C16H24N4O2. The number of nitrogens with two attached hydrogens (primary N) is 1. The second-order valence-corrected chi connectivity index (χ2v) is 5.65. The molecule has 6 heteroatoms. The third-order valence-electron chi connectivity index (χ3n) is 3.77. The van der Waals surface area contributed by atoms with Crippen molar-refractivity contribution in [2.75, 3.05) is 32.7 Å². The van der Waals surface area contributed by atoms with Crippen LogP contribution in [0.2, 0.25) is 0 Å². The van der Waals surface area contributed by atoms with E-state index in [0.717, 1.165) is 5.56 Å². The zero-order valence-corrected chi connectivity index (χ0v) is 13.0. The van der Waals surface area contributed by atoms with Gasteiger partial charge in [0.15, 0.2) is 0 Å². The van der Waals surface area contributed by atoms with Crippen molar-refractivity contribution < 1.29 is 9.59 Å². The number of amides is 2. The maximum Gasteiger partial charge on any atom is 0.239 e. The highest BCUT2D eigenvalue weighted by atomic mass is 16.2. The van der Waals surface area contributed by atoms with Gasteiger partial charge < -0.3 is 16.0 Å². The zero-order valence-electron chi connectivity index (χ0n) is 13.0. The molecule has 1 unspecified atom stereocenters. The highest BCUT2D eigenvalue weighted by Gasteiger charge is 2.23. The van der Waals surface area contributed by atoms with E-state index in [0.29, 0.717) is 39.3 Å². The maximum absolute atomic E-state index is 12.0. The summed E-state index contributed by atoms with van der Waals surface area (Å²) in [6.45, 7) is 5.29. The predicted octanol–water partition coefficient (Wildman–Crippen LogP) is -0.206. The normalized spacial score (nSPS) is 17.1. The Kier molecular flexibility index (Phi) is 5.91. The second kappa shape index (κ2) is 7.91. The summed E-state index contributed by atoms with van der Waals surface area (Å²) in [6, 6.07) is 9.37. The summed E-state index contributed by atoms with van der Waals surface area (Å²) in [7, 11) is 0. The fourth-order valence-corrected chi connectivity index (χ4v) is 2.47. The van der Waals surface area contributed by atoms with Crippen LogP contribution < -0.4 is 11.1 Å². The Morgan fingerprint density at radius 3 is 2.41 bits per heavy atom. The first-order valence-electron chi connectivity index (χ1n) is 7.63. The maximum atomic E-state index is 12.0. The van der Waals surface area contributed by atoms with E-state index in [1.807, 2.05) is 30.3 Å². The highest BCUT2D eigenvalue weighted by Crippen LogP contribution is 2.03. The van der Waals surface area contributed by atoms with Crippen molar-refractivity contribution in [3.63, 3.8) is 0 Å². The van der Waals surface area contributed by atoms with Crippen LogP contribution in [0, 0.1) is 0 Å². The lowest BCUT2D eigenvalue weighted by molar-refractivity contribution is -0.134. The molecule has 1 aromatic carbocycles. The highest BCUT2D eigenvalue weighted by molar-refractivity contribution is 5.81. The Morgan fingerprint density at radius 1 is 1.18 bits per heavy atom. The topological polar surface area (TPSA) is 78.7 Å². The largest absolute Gasteiger partial charge is 0.351 e. The molecule has 1 aliphatic heterocycles. The molecule has 0 aromatic heterocycles. The average Bonchev–Trinajstić information content (AvgIpc) is 2.54. The third kappa shape index (κ3) is 4.82. The molecule has 1 atom stereocenters. The first kappa shape index (κ1) is 16.5. The first-order valence-corrected chi connectivity index (χ1v) is 7.63. The summed E-state index contributed by atoms with van der Waals surface area (Å²) < 4.78 is 0. The lowest BCUT2D eigenvalue weighted by Crippen LogP contribution is -2.53. The molecular weight excluding hydrogens is 280 g/mol. The van der Waals surface area contributed by atoms with Gasteiger partial charge in [-0.2, -0.15) is 0 Å². The van der Waals surface area contributed by atoms with Crippen LogP contribution in [-0.4, -0.2) is 60.4 Å². The SMILES string of the molecule is CC(N)C(=O)N1CCN(CC(=O)NCc2ccccc2)CC1. The number of rotatable bonds is 5. The van der Waals surface area contributed by atoms with Crippen LogP contribution in [0.5, 0.6) is 0 Å². The van der Waals surface area contributed by atoms with Gasteiger partial charge in [0.25, 0.3) is 0 Å². The van der Waals surface area contributed by atoms with E-state index in [1.54, 1.807) is 11.8 Å². The van der Waals surface area contributed by atoms with E-state index in [4.69, 9.17) is 5.73 Å². The van der Waals surface area contributed by atoms with E-state index in [9.17, 15) is 9.59 Å². The summed E-state index contributed by atoms with van der Waals surface area (Å²) in [6.07, 6.45) is 0. The standard InChI is InChI=1S/C16H24N4O2/c1-13(17)16(22)20-9-7-19(8-10-20)12-15(21)18-11-14-5-3-2-4-6-14/h2-6,13H,7-12,17H2,1H3,(H,18,21). The summed E-state index contributed by atoms with van der Waals surface area (Å²) in [5.74, 6) is -0.0102. The van der Waals surface area contributed by atoms with Gasteiger partial charge in [-0.25, -0.2) is 0 Å². The Labute approximate surface area is 131 Å². The predicted molar refractivity (Wildman–Crippen MR) is 85.0 cm³/mol. The number of nitrogens with zero attached hydrogens (tertiary/aromatic N) is 2. The third-order valence-corrected chi connectivity index (χ3v) is 3.77. The van der Waals surface area contributed by atoms with E-state index in [-0.39, 0.29) is 11.8 Å². The minimum absolute atomic E-state index is 0.0100. The van der Waals surface area contributed by atoms with Crippen LogP contribution in [0.3, 0.4) is 0 Å². The molecule has 120 valence electrons. The molecule has 0 aliphatic carbocycles. The van der Waals surface area contributed by atoms with E-state index in [2.05, 4.69) is 10.2 Å². The first-order chi connectivity index (χ1) is 10.6. The fourth-order valence-electron chi connectivity index (χ4n) is 2.47. The Morgan fingerprint density at radius 2 is 1.82 bits per heavy atom. The molecule has 0 spiro atoms. The molecule has 2 amide bonds. The molecule has 2 rings (SSSR count). The minimum atomic E-state index is -0.458. The van der Waals surface area contributed by atoms with Crippen molar-refractivity contribution in [2.45, 2.75) is 19.5 Å². The van der Waals surface area contributed by atoms with Crippen LogP contribution >= 0.6 is 0 Å². The Hall–Kier alpha value is -1.92.